The van der Waals surface area contributed by atoms with Crippen LogP contribution in [-0.4, -0.2) is 30.9 Å². The molecule has 1 aliphatic rings. The van der Waals surface area contributed by atoms with Crippen LogP contribution in [0.15, 0.2) is 42.5 Å². The van der Waals surface area contributed by atoms with Crippen molar-refractivity contribution in [2.24, 2.45) is 11.8 Å². The number of carboxylic acids is 1. The molecule has 0 radical (unpaired) electrons. The van der Waals surface area contributed by atoms with Crippen molar-refractivity contribution in [2.45, 2.75) is 26.4 Å². The summed E-state index contributed by atoms with van der Waals surface area (Å²) in [6.45, 7) is 4.42. The van der Waals surface area contributed by atoms with E-state index >= 15 is 0 Å². The SMILES string of the molecule is COc1cc(OC(C)C)cc(-c2ccc(OCC3CC3C(=O)O)cc2)c1. The molecular weight excluding hydrogens is 332 g/mol. The van der Waals surface area contributed by atoms with Crippen LogP contribution in [0.2, 0.25) is 0 Å². The average molecular weight is 356 g/mol. The summed E-state index contributed by atoms with van der Waals surface area (Å²) in [5.74, 6) is 1.40. The molecule has 1 aliphatic carbocycles. The fourth-order valence-electron chi connectivity index (χ4n) is 2.88. The second-order valence-electron chi connectivity index (χ2n) is 6.84. The lowest BCUT2D eigenvalue weighted by atomic mass is 10.0. The molecule has 3 rings (SSSR count). The van der Waals surface area contributed by atoms with Gasteiger partial charge in [-0.3, -0.25) is 4.79 Å². The molecule has 0 spiro atoms. The van der Waals surface area contributed by atoms with Gasteiger partial charge in [0.05, 0.1) is 25.7 Å². The molecule has 0 heterocycles. The van der Waals surface area contributed by atoms with E-state index in [1.54, 1.807) is 7.11 Å². The molecule has 1 N–H and O–H groups in total. The average Bonchev–Trinajstić information content (AvgIpc) is 3.39. The van der Waals surface area contributed by atoms with Crippen molar-refractivity contribution >= 4 is 5.97 Å². The summed E-state index contributed by atoms with van der Waals surface area (Å²) >= 11 is 0. The van der Waals surface area contributed by atoms with Gasteiger partial charge < -0.3 is 19.3 Å². The van der Waals surface area contributed by atoms with Crippen LogP contribution in [0.25, 0.3) is 11.1 Å². The van der Waals surface area contributed by atoms with E-state index in [1.807, 2.05) is 56.3 Å². The van der Waals surface area contributed by atoms with Crippen LogP contribution >= 0.6 is 0 Å². The van der Waals surface area contributed by atoms with Gasteiger partial charge in [-0.1, -0.05) is 12.1 Å². The summed E-state index contributed by atoms with van der Waals surface area (Å²) in [5.41, 5.74) is 2.03. The van der Waals surface area contributed by atoms with E-state index in [2.05, 4.69) is 0 Å². The molecule has 138 valence electrons. The number of carbonyl (C=O) groups is 1. The van der Waals surface area contributed by atoms with E-state index in [9.17, 15) is 4.79 Å². The van der Waals surface area contributed by atoms with Crippen LogP contribution in [0.4, 0.5) is 0 Å². The Hall–Kier alpha value is -2.69. The third-order valence-electron chi connectivity index (χ3n) is 4.38. The highest BCUT2D eigenvalue weighted by Crippen LogP contribution is 2.39. The fourth-order valence-corrected chi connectivity index (χ4v) is 2.88. The van der Waals surface area contributed by atoms with E-state index < -0.39 is 5.97 Å². The first-order valence-electron chi connectivity index (χ1n) is 8.78. The number of aliphatic carboxylic acids is 1. The Morgan fingerprint density at radius 1 is 1.08 bits per heavy atom. The van der Waals surface area contributed by atoms with Crippen LogP contribution in [0.3, 0.4) is 0 Å². The monoisotopic (exact) mass is 356 g/mol. The number of ether oxygens (including phenoxy) is 3. The Morgan fingerprint density at radius 3 is 2.35 bits per heavy atom. The summed E-state index contributed by atoms with van der Waals surface area (Å²) < 4.78 is 16.9. The topological polar surface area (TPSA) is 65.0 Å². The second-order valence-corrected chi connectivity index (χ2v) is 6.84. The summed E-state index contributed by atoms with van der Waals surface area (Å²) in [7, 11) is 1.64. The molecule has 2 aromatic carbocycles. The van der Waals surface area contributed by atoms with E-state index in [0.717, 1.165) is 28.4 Å². The number of benzene rings is 2. The molecule has 0 bridgehead atoms. The van der Waals surface area contributed by atoms with Gasteiger partial charge in [-0.15, -0.1) is 0 Å². The summed E-state index contributed by atoms with van der Waals surface area (Å²) in [6, 6.07) is 13.6. The molecule has 0 aromatic heterocycles. The van der Waals surface area contributed by atoms with Gasteiger partial charge in [0.1, 0.15) is 17.2 Å². The van der Waals surface area contributed by atoms with Crippen LogP contribution in [0, 0.1) is 11.8 Å². The minimum Gasteiger partial charge on any atom is -0.497 e. The van der Waals surface area contributed by atoms with Crippen molar-refractivity contribution in [3.63, 3.8) is 0 Å². The van der Waals surface area contributed by atoms with Crippen molar-refractivity contribution in [3.8, 4) is 28.4 Å². The second kappa shape index (κ2) is 7.68. The van der Waals surface area contributed by atoms with Crippen LogP contribution in [-0.2, 0) is 4.79 Å². The minimum absolute atomic E-state index is 0.0859. The zero-order valence-electron chi connectivity index (χ0n) is 15.3. The minimum atomic E-state index is -0.730. The third kappa shape index (κ3) is 4.48. The van der Waals surface area contributed by atoms with Crippen LogP contribution in [0.5, 0.6) is 17.2 Å². The summed E-state index contributed by atoms with van der Waals surface area (Å²) in [5, 5.41) is 8.93. The molecule has 2 unspecified atom stereocenters. The highest BCUT2D eigenvalue weighted by atomic mass is 16.5. The van der Waals surface area contributed by atoms with Crippen molar-refractivity contribution in [3.05, 3.63) is 42.5 Å². The van der Waals surface area contributed by atoms with Crippen LogP contribution in [0.1, 0.15) is 20.3 Å². The molecule has 26 heavy (non-hydrogen) atoms. The molecule has 2 aromatic rings. The van der Waals surface area contributed by atoms with Gasteiger partial charge in [0.15, 0.2) is 0 Å². The number of methoxy groups -OCH3 is 1. The molecule has 1 saturated carbocycles. The largest absolute Gasteiger partial charge is 0.497 e. The number of carboxylic acid groups (broad SMARTS) is 1. The molecule has 1 fully saturated rings. The predicted octanol–water partition coefficient (Wildman–Crippen LogP) is 4.25. The van der Waals surface area contributed by atoms with E-state index in [-0.39, 0.29) is 17.9 Å². The van der Waals surface area contributed by atoms with Gasteiger partial charge in [-0.05, 0) is 55.7 Å². The Kier molecular flexibility index (Phi) is 5.35. The van der Waals surface area contributed by atoms with Gasteiger partial charge in [0.2, 0.25) is 0 Å². The molecule has 5 heteroatoms. The van der Waals surface area contributed by atoms with E-state index in [1.165, 1.54) is 0 Å². The lowest BCUT2D eigenvalue weighted by Crippen LogP contribution is -2.06. The van der Waals surface area contributed by atoms with Crippen molar-refractivity contribution in [1.82, 2.24) is 0 Å². The molecule has 0 saturated heterocycles. The van der Waals surface area contributed by atoms with Crippen molar-refractivity contribution in [1.29, 1.82) is 0 Å². The highest BCUT2D eigenvalue weighted by molar-refractivity contribution is 5.73. The van der Waals surface area contributed by atoms with E-state index in [4.69, 9.17) is 19.3 Å². The van der Waals surface area contributed by atoms with Gasteiger partial charge >= 0.3 is 5.97 Å². The number of rotatable bonds is 8. The van der Waals surface area contributed by atoms with Gasteiger partial charge in [-0.2, -0.15) is 0 Å². The normalized spacial score (nSPS) is 18.5. The van der Waals surface area contributed by atoms with Crippen molar-refractivity contribution < 1.29 is 24.1 Å². The third-order valence-corrected chi connectivity index (χ3v) is 4.38. The van der Waals surface area contributed by atoms with E-state index in [0.29, 0.717) is 13.0 Å². The molecule has 0 aliphatic heterocycles. The first-order chi connectivity index (χ1) is 12.5. The Morgan fingerprint density at radius 2 is 1.77 bits per heavy atom. The molecule has 2 atom stereocenters. The quantitative estimate of drug-likeness (QED) is 0.766. The Bertz CT molecular complexity index is 766. The first-order valence-corrected chi connectivity index (χ1v) is 8.78. The molecule has 0 amide bonds. The van der Waals surface area contributed by atoms with Gasteiger partial charge in [-0.25, -0.2) is 0 Å². The highest BCUT2D eigenvalue weighted by Gasteiger charge is 2.43. The number of hydrogen-bond acceptors (Lipinski definition) is 4. The zero-order valence-corrected chi connectivity index (χ0v) is 15.3. The fraction of sp³-hybridized carbons (Fsp3) is 0.381. The standard InChI is InChI=1S/C21H24O5/c1-13(2)26-19-9-15(8-18(11-19)24-3)14-4-6-17(7-5-14)25-12-16-10-20(16)21(22)23/h4-9,11,13,16,20H,10,12H2,1-3H3,(H,22,23). The smallest absolute Gasteiger partial charge is 0.306 e. The van der Waals surface area contributed by atoms with Crippen molar-refractivity contribution in [2.75, 3.05) is 13.7 Å². The maximum Gasteiger partial charge on any atom is 0.306 e. The Labute approximate surface area is 153 Å². The predicted molar refractivity (Wildman–Crippen MR) is 98.9 cm³/mol. The van der Waals surface area contributed by atoms with Crippen LogP contribution < -0.4 is 14.2 Å². The Balaban J connectivity index is 1.69. The number of hydrogen-bond donors (Lipinski definition) is 1. The summed E-state index contributed by atoms with van der Waals surface area (Å²) in [6.07, 6.45) is 0.790. The first kappa shape index (κ1) is 18.1. The summed E-state index contributed by atoms with van der Waals surface area (Å²) in [4.78, 5) is 10.9. The lowest BCUT2D eigenvalue weighted by Gasteiger charge is -2.13. The van der Waals surface area contributed by atoms with Gasteiger partial charge in [0, 0.05) is 12.0 Å². The molecule has 5 nitrogen and oxygen atoms in total. The maximum absolute atomic E-state index is 10.9. The lowest BCUT2D eigenvalue weighted by molar-refractivity contribution is -0.138. The maximum atomic E-state index is 10.9. The molecular formula is C21H24O5. The zero-order chi connectivity index (χ0) is 18.7. The van der Waals surface area contributed by atoms with Gasteiger partial charge in [0.25, 0.3) is 0 Å².